The van der Waals surface area contributed by atoms with Gasteiger partial charge in [0.1, 0.15) is 5.82 Å². The Balaban J connectivity index is 2.25. The summed E-state index contributed by atoms with van der Waals surface area (Å²) in [5.74, 6) is -0.142. The van der Waals surface area contributed by atoms with Crippen molar-refractivity contribution in [2.75, 3.05) is 13.1 Å². The molecule has 0 radical (unpaired) electrons. The molecule has 2 rings (SSSR count). The second kappa shape index (κ2) is 5.32. The minimum absolute atomic E-state index is 0.142. The van der Waals surface area contributed by atoms with Gasteiger partial charge in [-0.05, 0) is 38.0 Å². The fourth-order valence-corrected chi connectivity index (χ4v) is 2.49. The van der Waals surface area contributed by atoms with Crippen LogP contribution in [0.15, 0.2) is 28.7 Å². The normalized spacial score (nSPS) is 17.4. The summed E-state index contributed by atoms with van der Waals surface area (Å²) in [5.41, 5.74) is 1.84. The van der Waals surface area contributed by atoms with Gasteiger partial charge in [-0.15, -0.1) is 0 Å². The standard InChI is InChI=1S/C14H17BrFN/c1-10(2)17-7-3-4-11(9-17)13-6-5-12(15)8-14(13)16/h4-6,8,10H,3,7,9H2,1-2H3. The van der Waals surface area contributed by atoms with Crippen molar-refractivity contribution in [3.63, 3.8) is 0 Å². The molecular formula is C14H17BrFN. The zero-order valence-electron chi connectivity index (χ0n) is 10.2. The summed E-state index contributed by atoms with van der Waals surface area (Å²) in [6, 6.07) is 5.80. The second-order valence-corrected chi connectivity index (χ2v) is 5.62. The van der Waals surface area contributed by atoms with Crippen molar-refractivity contribution >= 4 is 21.5 Å². The SMILES string of the molecule is CC(C)N1CCC=C(c2ccc(Br)cc2F)C1. The third kappa shape index (κ3) is 2.96. The molecule has 1 heterocycles. The van der Waals surface area contributed by atoms with Crippen LogP contribution in [0.5, 0.6) is 0 Å². The molecule has 1 aliphatic heterocycles. The summed E-state index contributed by atoms with van der Waals surface area (Å²) in [5, 5.41) is 0. The molecule has 0 aliphatic carbocycles. The van der Waals surface area contributed by atoms with Gasteiger partial charge in [0.05, 0.1) is 0 Å². The Labute approximate surface area is 110 Å². The van der Waals surface area contributed by atoms with E-state index in [0.29, 0.717) is 6.04 Å². The average molecular weight is 298 g/mol. The molecule has 17 heavy (non-hydrogen) atoms. The maximum Gasteiger partial charge on any atom is 0.131 e. The van der Waals surface area contributed by atoms with E-state index in [4.69, 9.17) is 0 Å². The van der Waals surface area contributed by atoms with Crippen molar-refractivity contribution in [3.8, 4) is 0 Å². The van der Waals surface area contributed by atoms with E-state index in [0.717, 1.165) is 35.1 Å². The van der Waals surface area contributed by atoms with Gasteiger partial charge in [-0.2, -0.15) is 0 Å². The summed E-state index contributed by atoms with van der Waals surface area (Å²) in [7, 11) is 0. The molecule has 0 saturated carbocycles. The van der Waals surface area contributed by atoms with Crippen LogP contribution < -0.4 is 0 Å². The lowest BCUT2D eigenvalue weighted by Gasteiger charge is -2.30. The van der Waals surface area contributed by atoms with Crippen LogP contribution in [0.25, 0.3) is 5.57 Å². The topological polar surface area (TPSA) is 3.24 Å². The Bertz CT molecular complexity index is 440. The van der Waals surface area contributed by atoms with Gasteiger partial charge in [0.2, 0.25) is 0 Å². The molecule has 0 fully saturated rings. The van der Waals surface area contributed by atoms with Crippen LogP contribution in [0.3, 0.4) is 0 Å². The lowest BCUT2D eigenvalue weighted by atomic mass is 10.00. The van der Waals surface area contributed by atoms with Crippen LogP contribution in [-0.2, 0) is 0 Å². The Morgan fingerprint density at radius 1 is 1.35 bits per heavy atom. The van der Waals surface area contributed by atoms with Crippen LogP contribution in [0.4, 0.5) is 4.39 Å². The van der Waals surface area contributed by atoms with E-state index in [2.05, 4.69) is 40.8 Å². The van der Waals surface area contributed by atoms with Gasteiger partial charge in [0.15, 0.2) is 0 Å². The Hall–Kier alpha value is -0.670. The number of nitrogens with zero attached hydrogens (tertiary/aromatic N) is 1. The van der Waals surface area contributed by atoms with Crippen molar-refractivity contribution < 1.29 is 4.39 Å². The molecule has 1 aromatic carbocycles. The van der Waals surface area contributed by atoms with E-state index in [9.17, 15) is 4.39 Å². The smallest absolute Gasteiger partial charge is 0.131 e. The largest absolute Gasteiger partial charge is 0.296 e. The molecule has 0 unspecified atom stereocenters. The maximum absolute atomic E-state index is 13.9. The van der Waals surface area contributed by atoms with E-state index in [1.54, 1.807) is 0 Å². The Kier molecular flexibility index (Phi) is 4.00. The van der Waals surface area contributed by atoms with E-state index in [-0.39, 0.29) is 5.82 Å². The van der Waals surface area contributed by atoms with Gasteiger partial charge < -0.3 is 0 Å². The van der Waals surface area contributed by atoms with Gasteiger partial charge in [-0.3, -0.25) is 4.90 Å². The number of benzene rings is 1. The fourth-order valence-electron chi connectivity index (χ4n) is 2.15. The number of hydrogen-bond acceptors (Lipinski definition) is 1. The second-order valence-electron chi connectivity index (χ2n) is 4.71. The van der Waals surface area contributed by atoms with Crippen LogP contribution in [-0.4, -0.2) is 24.0 Å². The summed E-state index contributed by atoms with van der Waals surface area (Å²) < 4.78 is 14.7. The lowest BCUT2D eigenvalue weighted by Crippen LogP contribution is -2.35. The van der Waals surface area contributed by atoms with Crippen LogP contribution in [0.1, 0.15) is 25.8 Å². The van der Waals surface area contributed by atoms with Gasteiger partial charge in [0, 0.05) is 29.2 Å². The highest BCUT2D eigenvalue weighted by atomic mass is 79.9. The zero-order chi connectivity index (χ0) is 12.4. The van der Waals surface area contributed by atoms with Crippen molar-refractivity contribution in [2.45, 2.75) is 26.3 Å². The van der Waals surface area contributed by atoms with Gasteiger partial charge in [-0.1, -0.05) is 28.1 Å². The molecule has 0 amide bonds. The fraction of sp³-hybridized carbons (Fsp3) is 0.429. The molecule has 1 aromatic rings. The van der Waals surface area contributed by atoms with E-state index in [1.807, 2.05) is 12.1 Å². The van der Waals surface area contributed by atoms with Crippen molar-refractivity contribution in [1.29, 1.82) is 0 Å². The van der Waals surface area contributed by atoms with E-state index >= 15 is 0 Å². The highest BCUT2D eigenvalue weighted by molar-refractivity contribution is 9.10. The molecule has 0 spiro atoms. The molecule has 0 atom stereocenters. The molecule has 0 aromatic heterocycles. The van der Waals surface area contributed by atoms with Gasteiger partial charge in [-0.25, -0.2) is 4.39 Å². The van der Waals surface area contributed by atoms with Gasteiger partial charge in [0.25, 0.3) is 0 Å². The van der Waals surface area contributed by atoms with Crippen LogP contribution >= 0.6 is 15.9 Å². The van der Waals surface area contributed by atoms with Crippen LogP contribution in [0.2, 0.25) is 0 Å². The monoisotopic (exact) mass is 297 g/mol. The molecule has 1 aliphatic rings. The first-order valence-corrected chi connectivity index (χ1v) is 6.75. The summed E-state index contributed by atoms with van der Waals surface area (Å²) in [4.78, 5) is 2.37. The first-order valence-electron chi connectivity index (χ1n) is 5.96. The molecular weight excluding hydrogens is 281 g/mol. The molecule has 3 heteroatoms. The maximum atomic E-state index is 13.9. The minimum atomic E-state index is -0.142. The lowest BCUT2D eigenvalue weighted by molar-refractivity contribution is 0.247. The predicted octanol–water partition coefficient (Wildman–Crippen LogP) is 4.09. The highest BCUT2D eigenvalue weighted by Gasteiger charge is 2.18. The zero-order valence-corrected chi connectivity index (χ0v) is 11.8. The average Bonchev–Trinajstić information content (AvgIpc) is 2.29. The van der Waals surface area contributed by atoms with Crippen molar-refractivity contribution in [2.24, 2.45) is 0 Å². The molecule has 0 N–H and O–H groups in total. The van der Waals surface area contributed by atoms with Gasteiger partial charge >= 0.3 is 0 Å². The molecule has 1 nitrogen and oxygen atoms in total. The van der Waals surface area contributed by atoms with Crippen LogP contribution in [0, 0.1) is 5.82 Å². The Morgan fingerprint density at radius 3 is 2.76 bits per heavy atom. The minimum Gasteiger partial charge on any atom is -0.296 e. The summed E-state index contributed by atoms with van der Waals surface area (Å²) in [6.07, 6.45) is 3.16. The number of rotatable bonds is 2. The summed E-state index contributed by atoms with van der Waals surface area (Å²) >= 11 is 3.29. The first kappa shape index (κ1) is 12.8. The predicted molar refractivity (Wildman–Crippen MR) is 73.4 cm³/mol. The number of hydrogen-bond donors (Lipinski definition) is 0. The first-order chi connectivity index (χ1) is 8.08. The van der Waals surface area contributed by atoms with E-state index < -0.39 is 0 Å². The highest BCUT2D eigenvalue weighted by Crippen LogP contribution is 2.26. The summed E-state index contributed by atoms with van der Waals surface area (Å²) in [6.45, 7) is 6.28. The van der Waals surface area contributed by atoms with Crippen molar-refractivity contribution in [1.82, 2.24) is 4.90 Å². The van der Waals surface area contributed by atoms with E-state index in [1.165, 1.54) is 6.07 Å². The third-order valence-corrected chi connectivity index (χ3v) is 3.68. The Morgan fingerprint density at radius 2 is 2.12 bits per heavy atom. The molecule has 0 saturated heterocycles. The molecule has 92 valence electrons. The van der Waals surface area contributed by atoms with Crippen molar-refractivity contribution in [3.05, 3.63) is 40.1 Å². The molecule has 0 bridgehead atoms. The number of halogens is 2. The quantitative estimate of drug-likeness (QED) is 0.795. The third-order valence-electron chi connectivity index (χ3n) is 3.19.